The first kappa shape index (κ1) is 21.1. The first-order chi connectivity index (χ1) is 14.2. The maximum Gasteiger partial charge on any atom is 0.250 e. The lowest BCUT2D eigenvalue weighted by molar-refractivity contribution is -0.144. The number of β-amino-alcohol motifs (C(OH)–C–C–N with tert-alkyl or cyclic N) is 1. The summed E-state index contributed by atoms with van der Waals surface area (Å²) in [5.41, 5.74) is -0.668. The van der Waals surface area contributed by atoms with Gasteiger partial charge >= 0.3 is 0 Å². The van der Waals surface area contributed by atoms with Gasteiger partial charge in [0.1, 0.15) is 11.6 Å². The Kier molecular flexibility index (Phi) is 5.07. The minimum absolute atomic E-state index is 0.0167. The van der Waals surface area contributed by atoms with Gasteiger partial charge in [0, 0.05) is 13.6 Å². The molecule has 4 rings (SSSR count). The highest BCUT2D eigenvalue weighted by molar-refractivity contribution is 6.34. The monoisotopic (exact) mass is 435 g/mol. The molecule has 2 unspecified atom stereocenters. The van der Waals surface area contributed by atoms with E-state index in [4.69, 9.17) is 16.3 Å². The average molecular weight is 436 g/mol. The zero-order valence-corrected chi connectivity index (χ0v) is 18.0. The van der Waals surface area contributed by atoms with Crippen molar-refractivity contribution in [2.75, 3.05) is 25.5 Å². The Morgan fingerprint density at radius 1 is 1.33 bits per heavy atom. The fourth-order valence-corrected chi connectivity index (χ4v) is 5.88. The van der Waals surface area contributed by atoms with Crippen molar-refractivity contribution in [3.8, 4) is 0 Å². The van der Waals surface area contributed by atoms with Crippen molar-refractivity contribution in [1.29, 1.82) is 0 Å². The standard InChI is InChI=1S/C21H26ClN3O5/c1-11-5-4-6-12(22)15(11)24-18(28)16-21-8-7-20(2,30-21)13(17(27)23-3)14(21)19(29)25(16)9-10-26/h4-6,13-14,16,26H,7-10H2,1-3H3,(H,23,27)(H,24,28)/t13-,14+,16?,20+,21?/m1/s1. The number of aliphatic hydroxyl groups is 1. The van der Waals surface area contributed by atoms with Gasteiger partial charge in [-0.3, -0.25) is 14.4 Å². The van der Waals surface area contributed by atoms with Gasteiger partial charge in [0.2, 0.25) is 17.7 Å². The van der Waals surface area contributed by atoms with Gasteiger partial charge in [0.05, 0.1) is 34.8 Å². The maximum absolute atomic E-state index is 13.5. The Balaban J connectivity index is 1.76. The van der Waals surface area contributed by atoms with Crippen LogP contribution in [0.4, 0.5) is 5.69 Å². The summed E-state index contributed by atoms with van der Waals surface area (Å²) in [7, 11) is 1.53. The number of anilines is 1. The van der Waals surface area contributed by atoms with Crippen molar-refractivity contribution in [3.05, 3.63) is 28.8 Å². The third kappa shape index (κ3) is 2.77. The second kappa shape index (κ2) is 7.21. The van der Waals surface area contributed by atoms with Gasteiger partial charge in [0.25, 0.3) is 0 Å². The third-order valence-corrected chi connectivity index (χ3v) is 7.18. The van der Waals surface area contributed by atoms with Gasteiger partial charge in [-0.25, -0.2) is 0 Å². The van der Waals surface area contributed by atoms with Crippen molar-refractivity contribution < 1.29 is 24.2 Å². The SMILES string of the molecule is CNC(=O)[C@H]1[C@H]2C(=O)N(CCO)C(C(=O)Nc3c(C)cccc3Cl)C23CC[C@]1(C)O3. The van der Waals surface area contributed by atoms with E-state index in [1.165, 1.54) is 11.9 Å². The second-order valence-electron chi connectivity index (χ2n) is 8.52. The number of halogens is 1. The van der Waals surface area contributed by atoms with Crippen molar-refractivity contribution in [3.63, 3.8) is 0 Å². The molecule has 2 bridgehead atoms. The Labute approximate surface area is 179 Å². The van der Waals surface area contributed by atoms with Gasteiger partial charge < -0.3 is 25.4 Å². The number of benzene rings is 1. The number of para-hydroxylation sites is 1. The number of hydrogen-bond acceptors (Lipinski definition) is 5. The van der Waals surface area contributed by atoms with Crippen LogP contribution in [0.1, 0.15) is 25.3 Å². The van der Waals surface area contributed by atoms with Crippen LogP contribution < -0.4 is 10.6 Å². The number of nitrogens with zero attached hydrogens (tertiary/aromatic N) is 1. The van der Waals surface area contributed by atoms with E-state index < -0.39 is 35.0 Å². The molecule has 0 aliphatic carbocycles. The summed E-state index contributed by atoms with van der Waals surface area (Å²) in [6.45, 7) is 3.34. The smallest absolute Gasteiger partial charge is 0.250 e. The second-order valence-corrected chi connectivity index (χ2v) is 8.93. The lowest BCUT2D eigenvalue weighted by Gasteiger charge is -2.33. The fraction of sp³-hybridized carbons (Fsp3) is 0.571. The van der Waals surface area contributed by atoms with Crippen molar-refractivity contribution in [1.82, 2.24) is 10.2 Å². The number of carbonyl (C=O) groups excluding carboxylic acids is 3. The molecule has 1 aromatic rings. The zero-order chi connectivity index (χ0) is 21.8. The molecular formula is C21H26ClN3O5. The van der Waals surface area contributed by atoms with Gasteiger partial charge in [-0.1, -0.05) is 23.7 Å². The molecule has 3 fully saturated rings. The summed E-state index contributed by atoms with van der Waals surface area (Å²) in [6.07, 6.45) is 1.05. The molecule has 9 heteroatoms. The van der Waals surface area contributed by atoms with Crippen LogP contribution in [-0.2, 0) is 19.1 Å². The zero-order valence-electron chi connectivity index (χ0n) is 17.2. The minimum Gasteiger partial charge on any atom is -0.395 e. The highest BCUT2D eigenvalue weighted by Gasteiger charge is 2.77. The fourth-order valence-electron chi connectivity index (χ4n) is 5.61. The molecular weight excluding hydrogens is 410 g/mol. The summed E-state index contributed by atoms with van der Waals surface area (Å²) < 4.78 is 6.39. The lowest BCUT2D eigenvalue weighted by atomic mass is 9.66. The quantitative estimate of drug-likeness (QED) is 0.641. The number of likely N-dealkylation sites (tertiary alicyclic amines) is 1. The van der Waals surface area contributed by atoms with Crippen LogP contribution >= 0.6 is 11.6 Å². The molecule has 0 radical (unpaired) electrons. The highest BCUT2D eigenvalue weighted by Crippen LogP contribution is 2.63. The molecule has 3 aliphatic rings. The molecule has 0 saturated carbocycles. The third-order valence-electron chi connectivity index (χ3n) is 6.86. The Morgan fingerprint density at radius 2 is 2.07 bits per heavy atom. The van der Waals surface area contributed by atoms with Gasteiger partial charge in [-0.05, 0) is 38.3 Å². The van der Waals surface area contributed by atoms with E-state index in [0.29, 0.717) is 23.6 Å². The summed E-state index contributed by atoms with van der Waals surface area (Å²) in [5, 5.41) is 15.4. The normalized spacial score (nSPS) is 34.2. The van der Waals surface area contributed by atoms with E-state index in [2.05, 4.69) is 10.6 Å². The van der Waals surface area contributed by atoms with E-state index in [1.54, 1.807) is 12.1 Å². The number of fused-ring (bicyclic) bond motifs is 1. The van der Waals surface area contributed by atoms with E-state index in [9.17, 15) is 19.5 Å². The van der Waals surface area contributed by atoms with Crippen LogP contribution in [0.15, 0.2) is 18.2 Å². The number of ether oxygens (including phenoxy) is 1. The van der Waals surface area contributed by atoms with Crippen LogP contribution in [0.5, 0.6) is 0 Å². The van der Waals surface area contributed by atoms with E-state index in [0.717, 1.165) is 5.56 Å². The Morgan fingerprint density at radius 3 is 2.70 bits per heavy atom. The summed E-state index contributed by atoms with van der Waals surface area (Å²) >= 11 is 6.28. The molecule has 3 aliphatic heterocycles. The molecule has 1 spiro atoms. The number of hydrogen-bond donors (Lipinski definition) is 3. The Hall–Kier alpha value is -2.16. The molecule has 3 saturated heterocycles. The Bertz CT molecular complexity index is 904. The summed E-state index contributed by atoms with van der Waals surface area (Å²) in [6, 6.07) is 4.33. The number of carbonyl (C=O) groups is 3. The minimum atomic E-state index is -1.11. The largest absolute Gasteiger partial charge is 0.395 e. The summed E-state index contributed by atoms with van der Waals surface area (Å²) in [4.78, 5) is 40.9. The van der Waals surface area contributed by atoms with Gasteiger partial charge in [-0.15, -0.1) is 0 Å². The molecule has 3 N–H and O–H groups in total. The molecule has 162 valence electrons. The molecule has 3 amide bonds. The van der Waals surface area contributed by atoms with Gasteiger partial charge in [0.15, 0.2) is 0 Å². The number of amides is 3. The van der Waals surface area contributed by atoms with Crippen LogP contribution in [0.25, 0.3) is 0 Å². The number of aliphatic hydroxyl groups excluding tert-OH is 1. The number of nitrogens with one attached hydrogen (secondary N) is 2. The van der Waals surface area contributed by atoms with Crippen LogP contribution in [-0.4, -0.2) is 65.2 Å². The van der Waals surface area contributed by atoms with E-state index >= 15 is 0 Å². The number of rotatable bonds is 5. The van der Waals surface area contributed by atoms with Crippen molar-refractivity contribution in [2.24, 2.45) is 11.8 Å². The molecule has 0 aromatic heterocycles. The molecule has 5 atom stereocenters. The average Bonchev–Trinajstić information content (AvgIpc) is 3.26. The predicted octanol–water partition coefficient (Wildman–Crippen LogP) is 1.09. The number of aryl methyl sites for hydroxylation is 1. The van der Waals surface area contributed by atoms with E-state index in [-0.39, 0.29) is 25.0 Å². The molecule has 3 heterocycles. The van der Waals surface area contributed by atoms with Crippen molar-refractivity contribution >= 4 is 35.0 Å². The maximum atomic E-state index is 13.5. The summed E-state index contributed by atoms with van der Waals surface area (Å²) in [5.74, 6) is -2.51. The molecule has 30 heavy (non-hydrogen) atoms. The predicted molar refractivity (Wildman–Crippen MR) is 110 cm³/mol. The van der Waals surface area contributed by atoms with Crippen LogP contribution in [0.3, 0.4) is 0 Å². The van der Waals surface area contributed by atoms with Gasteiger partial charge in [-0.2, -0.15) is 0 Å². The topological polar surface area (TPSA) is 108 Å². The van der Waals surface area contributed by atoms with Crippen molar-refractivity contribution in [2.45, 2.75) is 43.9 Å². The van der Waals surface area contributed by atoms with Crippen LogP contribution in [0, 0.1) is 18.8 Å². The molecule has 8 nitrogen and oxygen atoms in total. The van der Waals surface area contributed by atoms with Crippen LogP contribution in [0.2, 0.25) is 5.02 Å². The highest BCUT2D eigenvalue weighted by atomic mass is 35.5. The first-order valence-electron chi connectivity index (χ1n) is 10.1. The molecule has 1 aromatic carbocycles. The van der Waals surface area contributed by atoms with E-state index in [1.807, 2.05) is 19.9 Å². The first-order valence-corrected chi connectivity index (χ1v) is 10.5. The lowest BCUT2D eigenvalue weighted by Crippen LogP contribution is -2.53.